The summed E-state index contributed by atoms with van der Waals surface area (Å²) in [6, 6.07) is -2.88. The maximum atomic E-state index is 13.4. The molecule has 4 amide bonds. The quantitative estimate of drug-likeness (QED) is 0.0873. The van der Waals surface area contributed by atoms with Crippen molar-refractivity contribution in [3.05, 3.63) is 22.3 Å². The standard InChI is InChI=1S/C21H19Cl6N5O10S2.Na/c1-7(33)40-2-8-3-43-15-11(14(35)32(15)12(8)16(36)37)29-13(34)10(30-18(38)41-5-20(22,23)24)9-4-44-17(28-9)31-19(39)42-6-21(25,26)27;/h4,10-11,15H,2-3,5-6H2,1H3,(H,29,34)(H,30,38)(H,36,37)(H,28,31,39);/q;+1/p-1/t10?,11-,15+;/m0./s1. The van der Waals surface area contributed by atoms with Gasteiger partial charge in [-0.3, -0.25) is 24.6 Å². The first-order chi connectivity index (χ1) is 20.4. The minimum Gasteiger partial charge on any atom is -0.543 e. The number of aliphatic carboxylic acids is 1. The maximum absolute atomic E-state index is 13.4. The van der Waals surface area contributed by atoms with E-state index >= 15 is 0 Å². The second-order valence-corrected chi connectivity index (χ2v) is 15.6. The van der Waals surface area contributed by atoms with Crippen LogP contribution in [0.1, 0.15) is 18.7 Å². The Labute approximate surface area is 314 Å². The number of ether oxygens (including phenoxy) is 3. The summed E-state index contributed by atoms with van der Waals surface area (Å²) in [4.78, 5) is 78.8. The fourth-order valence-electron chi connectivity index (χ4n) is 3.54. The number of hydrogen-bond acceptors (Lipinski definition) is 13. The molecule has 24 heteroatoms. The van der Waals surface area contributed by atoms with Crippen molar-refractivity contribution in [3.8, 4) is 0 Å². The van der Waals surface area contributed by atoms with Crippen molar-refractivity contribution in [1.29, 1.82) is 0 Å². The summed E-state index contributed by atoms with van der Waals surface area (Å²) >= 11 is 35.3. The van der Waals surface area contributed by atoms with Crippen molar-refractivity contribution in [2.24, 2.45) is 0 Å². The Morgan fingerprint density at radius 2 is 1.67 bits per heavy atom. The predicted octanol–water partition coefficient (Wildman–Crippen LogP) is -0.830. The number of carbonyl (C=O) groups excluding carboxylic acids is 6. The molecule has 1 saturated heterocycles. The molecular formula is C21H18Cl6N5NaO10S2. The molecule has 0 aliphatic carbocycles. The van der Waals surface area contributed by atoms with Crippen molar-refractivity contribution >= 4 is 134 Å². The molecule has 1 unspecified atom stereocenters. The van der Waals surface area contributed by atoms with Crippen molar-refractivity contribution in [2.45, 2.75) is 32.0 Å². The van der Waals surface area contributed by atoms with Gasteiger partial charge in [-0.05, 0) is 0 Å². The zero-order chi connectivity index (χ0) is 33.0. The van der Waals surface area contributed by atoms with Gasteiger partial charge in [0.25, 0.3) is 5.91 Å². The molecule has 0 saturated carbocycles. The number of carboxylic acids is 1. The number of aromatic nitrogens is 1. The number of nitrogens with one attached hydrogen (secondary N) is 3. The summed E-state index contributed by atoms with van der Waals surface area (Å²) in [6.45, 7) is -0.524. The van der Waals surface area contributed by atoms with Gasteiger partial charge < -0.3 is 34.7 Å². The van der Waals surface area contributed by atoms with Crippen molar-refractivity contribution in [1.82, 2.24) is 20.5 Å². The minimum atomic E-state index is -1.97. The first-order valence-electron chi connectivity index (χ1n) is 11.6. The van der Waals surface area contributed by atoms with Gasteiger partial charge in [-0.25, -0.2) is 14.6 Å². The molecule has 3 atom stereocenters. The number of carbonyl (C=O) groups is 6. The molecule has 15 nitrogen and oxygen atoms in total. The minimum absolute atomic E-state index is 0. The Morgan fingerprint density at radius 1 is 1.07 bits per heavy atom. The Morgan fingerprint density at radius 3 is 2.22 bits per heavy atom. The van der Waals surface area contributed by atoms with E-state index in [1.54, 1.807) is 0 Å². The number of thioether (sulfide) groups is 1. The summed E-state index contributed by atoms with van der Waals surface area (Å²) in [5, 5.41) is 19.1. The van der Waals surface area contributed by atoms with E-state index in [1.165, 1.54) is 5.38 Å². The number of anilines is 1. The van der Waals surface area contributed by atoms with Crippen LogP contribution in [-0.2, 0) is 33.4 Å². The van der Waals surface area contributed by atoms with E-state index in [9.17, 15) is 33.9 Å². The van der Waals surface area contributed by atoms with Gasteiger partial charge in [0, 0.05) is 23.6 Å². The second-order valence-electron chi connectivity index (χ2n) is 8.58. The zero-order valence-electron chi connectivity index (χ0n) is 22.7. The third kappa shape index (κ3) is 11.8. The van der Waals surface area contributed by atoms with Crippen LogP contribution in [0.4, 0.5) is 14.7 Å². The van der Waals surface area contributed by atoms with Gasteiger partial charge >= 0.3 is 47.7 Å². The van der Waals surface area contributed by atoms with Crippen LogP contribution in [0, 0.1) is 0 Å². The summed E-state index contributed by atoms with van der Waals surface area (Å²) < 4.78 is 10.6. The average molecular weight is 800 g/mol. The topological polar surface area (TPSA) is 205 Å². The number of halogens is 6. The van der Waals surface area contributed by atoms with Gasteiger partial charge in [0.2, 0.25) is 13.5 Å². The van der Waals surface area contributed by atoms with Gasteiger partial charge in [-0.15, -0.1) is 23.1 Å². The van der Waals surface area contributed by atoms with E-state index in [0.29, 0.717) is 0 Å². The molecule has 2 aliphatic heterocycles. The summed E-state index contributed by atoms with van der Waals surface area (Å²) in [7, 11) is 0. The maximum Gasteiger partial charge on any atom is 1.00 e. The number of hydrogen-bond donors (Lipinski definition) is 3. The zero-order valence-corrected chi connectivity index (χ0v) is 30.9. The summed E-state index contributed by atoms with van der Waals surface area (Å²) in [5.74, 6) is -4.09. The number of nitrogens with zero attached hydrogens (tertiary/aromatic N) is 2. The van der Waals surface area contributed by atoms with Gasteiger partial charge in [-0.1, -0.05) is 69.6 Å². The molecule has 1 aromatic heterocycles. The van der Waals surface area contributed by atoms with E-state index in [2.05, 4.69) is 20.9 Å². The molecule has 1 fully saturated rings. The fraction of sp³-hybridized carbons (Fsp3) is 0.476. The number of carboxylic acid groups (broad SMARTS) is 1. The van der Waals surface area contributed by atoms with E-state index in [-0.39, 0.29) is 58.3 Å². The monoisotopic (exact) mass is 797 g/mol. The van der Waals surface area contributed by atoms with Gasteiger partial charge in [0.1, 0.15) is 31.2 Å². The Bertz CT molecular complexity index is 1370. The molecule has 3 N–H and O–H groups in total. The Hall–Kier alpha value is -1.12. The molecule has 3 heterocycles. The third-order valence-electron chi connectivity index (χ3n) is 5.27. The smallest absolute Gasteiger partial charge is 0.543 e. The molecule has 1 aromatic rings. The largest absolute Gasteiger partial charge is 1.00 e. The number of fused-ring (bicyclic) bond motifs is 1. The predicted molar refractivity (Wildman–Crippen MR) is 159 cm³/mol. The van der Waals surface area contributed by atoms with Crippen LogP contribution in [0.25, 0.3) is 0 Å². The molecule has 2 aliphatic rings. The SMILES string of the molecule is CC(=O)OCC1=C(C(=O)[O-])N2C(=O)[C@H](NC(=O)C(NC(=O)OCC(Cl)(Cl)Cl)c3csc(NC(=O)OCC(Cl)(Cl)Cl)n3)[C@H]2SC1.[Na+]. The molecule has 0 bridgehead atoms. The van der Waals surface area contributed by atoms with Crippen LogP contribution in [0.5, 0.6) is 0 Å². The van der Waals surface area contributed by atoms with Gasteiger partial charge in [-0.2, -0.15) is 0 Å². The molecule has 0 aromatic carbocycles. The first kappa shape index (κ1) is 40.1. The summed E-state index contributed by atoms with van der Waals surface area (Å²) in [5.41, 5.74) is -0.480. The van der Waals surface area contributed by atoms with Gasteiger partial charge in [0.15, 0.2) is 11.2 Å². The van der Waals surface area contributed by atoms with E-state index in [1.807, 2.05) is 0 Å². The Kier molecular flexibility index (Phi) is 15.0. The molecule has 242 valence electrons. The number of thiazole rings is 1. The van der Waals surface area contributed by atoms with Crippen LogP contribution in [0.2, 0.25) is 0 Å². The number of alkyl halides is 6. The number of rotatable bonds is 10. The molecule has 0 spiro atoms. The van der Waals surface area contributed by atoms with Crippen LogP contribution in [0.15, 0.2) is 16.7 Å². The average Bonchev–Trinajstić information content (AvgIpc) is 3.37. The van der Waals surface area contributed by atoms with Crippen molar-refractivity contribution in [3.63, 3.8) is 0 Å². The van der Waals surface area contributed by atoms with E-state index in [0.717, 1.165) is 34.9 Å². The van der Waals surface area contributed by atoms with Crippen LogP contribution < -0.4 is 50.6 Å². The molecule has 0 radical (unpaired) electrons. The second kappa shape index (κ2) is 16.8. The van der Waals surface area contributed by atoms with Crippen LogP contribution in [-0.4, -0.2) is 90.4 Å². The van der Waals surface area contributed by atoms with E-state index < -0.39 is 79.9 Å². The molecular weight excluding hydrogens is 782 g/mol. The number of alkyl carbamates (subject to hydrolysis) is 1. The summed E-state index contributed by atoms with van der Waals surface area (Å²) in [6.07, 6.45) is -2.26. The van der Waals surface area contributed by atoms with Crippen LogP contribution >= 0.6 is 92.7 Å². The number of esters is 1. The third-order valence-corrected chi connectivity index (χ3v) is 8.04. The van der Waals surface area contributed by atoms with Gasteiger partial charge in [0.05, 0.1) is 17.4 Å². The van der Waals surface area contributed by atoms with Crippen LogP contribution in [0.3, 0.4) is 0 Å². The van der Waals surface area contributed by atoms with Crippen molar-refractivity contribution in [2.75, 3.05) is 30.9 Å². The number of amides is 4. The van der Waals surface area contributed by atoms with E-state index in [4.69, 9.17) is 83.8 Å². The molecule has 45 heavy (non-hydrogen) atoms. The van der Waals surface area contributed by atoms with Crippen molar-refractivity contribution < 1.29 is 77.6 Å². The normalized spacial score (nSPS) is 18.4. The first-order valence-corrected chi connectivity index (χ1v) is 15.8. The fourth-order valence-corrected chi connectivity index (χ4v) is 5.91. The number of β-lactam (4-membered cyclic amide) rings is 1. The molecule has 3 rings (SSSR count). The Balaban J connectivity index is 0.00000705.